The van der Waals surface area contributed by atoms with Crippen molar-refractivity contribution >= 4 is 11.8 Å². The molecule has 2 atom stereocenters. The van der Waals surface area contributed by atoms with E-state index in [1.165, 1.54) is 11.1 Å². The van der Waals surface area contributed by atoms with Gasteiger partial charge in [0.25, 0.3) is 0 Å². The summed E-state index contributed by atoms with van der Waals surface area (Å²) in [5.74, 6) is -0.0654. The third-order valence-corrected chi connectivity index (χ3v) is 5.40. The number of rotatable bonds is 10. The van der Waals surface area contributed by atoms with Gasteiger partial charge < -0.3 is 10.2 Å². The van der Waals surface area contributed by atoms with Crippen molar-refractivity contribution in [2.45, 2.75) is 65.5 Å². The van der Waals surface area contributed by atoms with E-state index in [1.54, 1.807) is 4.90 Å². The highest BCUT2D eigenvalue weighted by Crippen LogP contribution is 2.11. The first kappa shape index (κ1) is 22.7. The summed E-state index contributed by atoms with van der Waals surface area (Å²) in [6.07, 6.45) is 2.68. The molecule has 0 unspecified atom stereocenters. The Labute approximate surface area is 175 Å². The smallest absolute Gasteiger partial charge is 0.242 e. The van der Waals surface area contributed by atoms with E-state index in [0.717, 1.165) is 18.4 Å². The lowest BCUT2D eigenvalue weighted by atomic mass is 10.1. The number of nitrogens with one attached hydrogen (secondary N) is 1. The largest absolute Gasteiger partial charge is 0.352 e. The number of nitrogens with zero attached hydrogens (tertiary/aromatic N) is 1. The standard InChI is InChI=1S/C25H34N2O2/c1-5-20(3)26-25(29)21(4)27(18-17-22-9-7-6-8-10-22)24(28)16-15-23-13-11-19(2)12-14-23/h6-14,20-21H,5,15-18H2,1-4H3,(H,26,29)/t20-,21-/m0/s1. The van der Waals surface area contributed by atoms with E-state index in [2.05, 4.69) is 48.6 Å². The van der Waals surface area contributed by atoms with Gasteiger partial charge in [0.15, 0.2) is 0 Å². The minimum atomic E-state index is -0.488. The molecule has 0 saturated heterocycles. The minimum Gasteiger partial charge on any atom is -0.352 e. The van der Waals surface area contributed by atoms with E-state index >= 15 is 0 Å². The number of aryl methyl sites for hydroxylation is 2. The second-order valence-corrected chi connectivity index (χ2v) is 7.80. The van der Waals surface area contributed by atoms with Crippen LogP contribution < -0.4 is 5.32 Å². The van der Waals surface area contributed by atoms with E-state index in [9.17, 15) is 9.59 Å². The van der Waals surface area contributed by atoms with Crippen molar-refractivity contribution in [2.24, 2.45) is 0 Å². The molecule has 29 heavy (non-hydrogen) atoms. The van der Waals surface area contributed by atoms with Crippen molar-refractivity contribution in [3.63, 3.8) is 0 Å². The highest BCUT2D eigenvalue weighted by Gasteiger charge is 2.26. The highest BCUT2D eigenvalue weighted by molar-refractivity contribution is 5.87. The molecule has 0 saturated carbocycles. The predicted octanol–water partition coefficient (Wildman–Crippen LogP) is 4.30. The van der Waals surface area contributed by atoms with Crippen molar-refractivity contribution in [3.8, 4) is 0 Å². The van der Waals surface area contributed by atoms with Crippen LogP contribution in [0, 0.1) is 6.92 Å². The zero-order chi connectivity index (χ0) is 21.2. The monoisotopic (exact) mass is 394 g/mol. The van der Waals surface area contributed by atoms with Crippen molar-refractivity contribution in [2.75, 3.05) is 6.54 Å². The van der Waals surface area contributed by atoms with Crippen LogP contribution in [-0.2, 0) is 22.4 Å². The van der Waals surface area contributed by atoms with Crippen LogP contribution in [0.1, 0.15) is 50.3 Å². The van der Waals surface area contributed by atoms with Gasteiger partial charge in [0.1, 0.15) is 6.04 Å². The zero-order valence-electron chi connectivity index (χ0n) is 18.2. The summed E-state index contributed by atoms with van der Waals surface area (Å²) < 4.78 is 0. The van der Waals surface area contributed by atoms with Crippen LogP contribution in [0.15, 0.2) is 54.6 Å². The molecule has 2 aromatic carbocycles. The van der Waals surface area contributed by atoms with Crippen LogP contribution in [0.4, 0.5) is 0 Å². The fraction of sp³-hybridized carbons (Fsp3) is 0.440. The molecule has 2 rings (SSSR count). The quantitative estimate of drug-likeness (QED) is 0.653. The van der Waals surface area contributed by atoms with Crippen LogP contribution in [0.2, 0.25) is 0 Å². The number of hydrogen-bond donors (Lipinski definition) is 1. The average molecular weight is 395 g/mol. The summed E-state index contributed by atoms with van der Waals surface area (Å²) in [4.78, 5) is 27.5. The Kier molecular flexibility index (Phi) is 8.91. The van der Waals surface area contributed by atoms with Gasteiger partial charge in [0.05, 0.1) is 0 Å². The number of benzene rings is 2. The van der Waals surface area contributed by atoms with E-state index in [4.69, 9.17) is 0 Å². The van der Waals surface area contributed by atoms with Gasteiger partial charge in [-0.2, -0.15) is 0 Å². The van der Waals surface area contributed by atoms with E-state index in [0.29, 0.717) is 19.4 Å². The first-order chi connectivity index (χ1) is 13.9. The number of carbonyl (C=O) groups is 2. The van der Waals surface area contributed by atoms with Gasteiger partial charge >= 0.3 is 0 Å². The SMILES string of the molecule is CC[C@H](C)NC(=O)[C@H](C)N(CCc1ccccc1)C(=O)CCc1ccc(C)cc1. The van der Waals surface area contributed by atoms with E-state index in [1.807, 2.05) is 39.0 Å². The Morgan fingerprint density at radius 3 is 2.17 bits per heavy atom. The van der Waals surface area contributed by atoms with Crippen LogP contribution in [0.5, 0.6) is 0 Å². The summed E-state index contributed by atoms with van der Waals surface area (Å²) in [5.41, 5.74) is 3.52. The maximum atomic E-state index is 13.1. The Balaban J connectivity index is 2.05. The molecular formula is C25H34N2O2. The molecule has 0 aliphatic carbocycles. The molecule has 1 N–H and O–H groups in total. The highest BCUT2D eigenvalue weighted by atomic mass is 16.2. The molecule has 0 radical (unpaired) electrons. The molecule has 0 fully saturated rings. The maximum Gasteiger partial charge on any atom is 0.242 e. The van der Waals surface area contributed by atoms with Crippen molar-refractivity contribution < 1.29 is 9.59 Å². The molecular weight excluding hydrogens is 360 g/mol. The Morgan fingerprint density at radius 2 is 1.55 bits per heavy atom. The number of carbonyl (C=O) groups excluding carboxylic acids is 2. The normalized spacial score (nSPS) is 12.8. The molecule has 2 amide bonds. The lowest BCUT2D eigenvalue weighted by Crippen LogP contribution is -2.50. The zero-order valence-corrected chi connectivity index (χ0v) is 18.2. The fourth-order valence-corrected chi connectivity index (χ4v) is 3.19. The molecule has 0 heterocycles. The van der Waals surface area contributed by atoms with Gasteiger partial charge in [0.2, 0.25) is 11.8 Å². The van der Waals surface area contributed by atoms with E-state index < -0.39 is 6.04 Å². The molecule has 4 nitrogen and oxygen atoms in total. The second-order valence-electron chi connectivity index (χ2n) is 7.80. The lowest BCUT2D eigenvalue weighted by Gasteiger charge is -2.29. The first-order valence-corrected chi connectivity index (χ1v) is 10.6. The van der Waals surface area contributed by atoms with Crippen molar-refractivity contribution in [1.29, 1.82) is 0 Å². The molecule has 156 valence electrons. The van der Waals surface area contributed by atoms with Gasteiger partial charge in [-0.25, -0.2) is 0 Å². The number of amides is 2. The van der Waals surface area contributed by atoms with Crippen LogP contribution >= 0.6 is 0 Å². The molecule has 0 aliphatic rings. The predicted molar refractivity (Wildman–Crippen MR) is 119 cm³/mol. The fourth-order valence-electron chi connectivity index (χ4n) is 3.19. The van der Waals surface area contributed by atoms with Gasteiger partial charge in [-0.1, -0.05) is 67.1 Å². The third-order valence-electron chi connectivity index (χ3n) is 5.40. The Hall–Kier alpha value is -2.62. The van der Waals surface area contributed by atoms with Gasteiger partial charge in [0, 0.05) is 19.0 Å². The summed E-state index contributed by atoms with van der Waals surface area (Å²) in [6, 6.07) is 18.0. The summed E-state index contributed by atoms with van der Waals surface area (Å²) in [5, 5.41) is 3.01. The molecule has 0 spiro atoms. The van der Waals surface area contributed by atoms with E-state index in [-0.39, 0.29) is 17.9 Å². The Morgan fingerprint density at radius 1 is 0.931 bits per heavy atom. The Bertz CT molecular complexity index is 771. The van der Waals surface area contributed by atoms with Gasteiger partial charge in [-0.05, 0) is 51.2 Å². The summed E-state index contributed by atoms with van der Waals surface area (Å²) in [6.45, 7) is 8.43. The lowest BCUT2D eigenvalue weighted by molar-refractivity contribution is -0.140. The maximum absolute atomic E-state index is 13.1. The van der Waals surface area contributed by atoms with Crippen LogP contribution in [0.25, 0.3) is 0 Å². The topological polar surface area (TPSA) is 49.4 Å². The second kappa shape index (κ2) is 11.4. The average Bonchev–Trinajstić information content (AvgIpc) is 2.73. The van der Waals surface area contributed by atoms with Crippen molar-refractivity contribution in [3.05, 3.63) is 71.3 Å². The van der Waals surface area contributed by atoms with Gasteiger partial charge in [-0.15, -0.1) is 0 Å². The molecule has 0 aromatic heterocycles. The molecule has 2 aromatic rings. The molecule has 0 bridgehead atoms. The van der Waals surface area contributed by atoms with Crippen molar-refractivity contribution in [1.82, 2.24) is 10.2 Å². The van der Waals surface area contributed by atoms with Crippen LogP contribution in [0.3, 0.4) is 0 Å². The third kappa shape index (κ3) is 7.37. The molecule has 0 aliphatic heterocycles. The summed E-state index contributed by atoms with van der Waals surface area (Å²) in [7, 11) is 0. The summed E-state index contributed by atoms with van der Waals surface area (Å²) >= 11 is 0. The van der Waals surface area contributed by atoms with Gasteiger partial charge in [-0.3, -0.25) is 9.59 Å². The number of hydrogen-bond acceptors (Lipinski definition) is 2. The van der Waals surface area contributed by atoms with Crippen LogP contribution in [-0.4, -0.2) is 35.3 Å². The minimum absolute atomic E-state index is 0.0216. The molecule has 4 heteroatoms. The first-order valence-electron chi connectivity index (χ1n) is 10.6.